The van der Waals surface area contributed by atoms with Crippen molar-refractivity contribution in [3.63, 3.8) is 0 Å². The van der Waals surface area contributed by atoms with Crippen LogP contribution in [0.3, 0.4) is 0 Å². The summed E-state index contributed by atoms with van der Waals surface area (Å²) in [6.07, 6.45) is 2.33. The van der Waals surface area contributed by atoms with Gasteiger partial charge in [-0.3, -0.25) is 4.31 Å². The van der Waals surface area contributed by atoms with E-state index in [2.05, 4.69) is 6.58 Å². The van der Waals surface area contributed by atoms with Crippen LogP contribution in [-0.2, 0) is 14.8 Å². The van der Waals surface area contributed by atoms with Gasteiger partial charge in [0.15, 0.2) is 0 Å². The van der Waals surface area contributed by atoms with Gasteiger partial charge in [0.1, 0.15) is 5.82 Å². The maximum atomic E-state index is 14.3. The molecule has 1 aliphatic rings. The molecule has 1 aliphatic carbocycles. The second-order valence-electron chi connectivity index (χ2n) is 5.85. The highest BCUT2D eigenvalue weighted by molar-refractivity contribution is 7.93. The van der Waals surface area contributed by atoms with Crippen LogP contribution in [0.1, 0.15) is 43.0 Å². The van der Waals surface area contributed by atoms with Gasteiger partial charge in [-0.15, -0.1) is 0 Å². The summed E-state index contributed by atoms with van der Waals surface area (Å²) in [6, 6.07) is 3.66. The van der Waals surface area contributed by atoms with E-state index in [1.807, 2.05) is 0 Å². The minimum atomic E-state index is -3.67. The molecule has 0 atom stereocenters. The van der Waals surface area contributed by atoms with E-state index < -0.39 is 27.1 Å². The summed E-state index contributed by atoms with van der Waals surface area (Å²) in [4.78, 5) is 11.6. The minimum Gasteiger partial charge on any atom is -0.462 e. The monoisotopic (exact) mass is 355 g/mol. The Balaban J connectivity index is 2.24. The van der Waals surface area contributed by atoms with Crippen LogP contribution < -0.4 is 4.31 Å². The lowest BCUT2D eigenvalue weighted by Gasteiger charge is -2.29. The number of allylic oxidation sites excluding steroid dienone is 1. The molecule has 0 N–H and O–H groups in total. The Labute approximate surface area is 142 Å². The molecule has 0 saturated heterocycles. The van der Waals surface area contributed by atoms with E-state index in [0.717, 1.165) is 15.9 Å². The Morgan fingerprint density at radius 2 is 2.00 bits per heavy atom. The number of anilines is 1. The van der Waals surface area contributed by atoms with Crippen LogP contribution in [-0.4, -0.2) is 33.3 Å². The van der Waals surface area contributed by atoms with E-state index in [-0.39, 0.29) is 17.9 Å². The number of benzene rings is 1. The Kier molecular flexibility index (Phi) is 5.64. The molecule has 1 aromatic carbocycles. The third-order valence-electron chi connectivity index (χ3n) is 4.24. The number of esters is 1. The summed E-state index contributed by atoms with van der Waals surface area (Å²) >= 11 is 0. The van der Waals surface area contributed by atoms with Crippen molar-refractivity contribution in [3.05, 3.63) is 41.7 Å². The SMILES string of the molecule is C=C1CCC(S(=O)(=O)N(C)c2ccc(C(=O)OCC)cc2F)CC1. The molecule has 7 heteroatoms. The van der Waals surface area contributed by atoms with Gasteiger partial charge in [-0.05, 0) is 50.8 Å². The number of hydrogen-bond donors (Lipinski definition) is 0. The van der Waals surface area contributed by atoms with Gasteiger partial charge in [-0.2, -0.15) is 0 Å². The molecule has 2 rings (SSSR count). The van der Waals surface area contributed by atoms with Crippen molar-refractivity contribution in [3.8, 4) is 0 Å². The minimum absolute atomic E-state index is 0.0536. The summed E-state index contributed by atoms with van der Waals surface area (Å²) in [6.45, 7) is 5.72. The molecule has 0 unspecified atom stereocenters. The average Bonchev–Trinajstić information content (AvgIpc) is 2.54. The number of hydrogen-bond acceptors (Lipinski definition) is 4. The molecule has 132 valence electrons. The van der Waals surface area contributed by atoms with Crippen LogP contribution in [0.15, 0.2) is 30.4 Å². The molecule has 0 spiro atoms. The maximum absolute atomic E-state index is 14.3. The first-order valence-electron chi connectivity index (χ1n) is 7.88. The molecule has 1 aromatic rings. The number of carbonyl (C=O) groups excluding carboxylic acids is 1. The lowest BCUT2D eigenvalue weighted by molar-refractivity contribution is 0.0526. The van der Waals surface area contributed by atoms with Crippen LogP contribution >= 0.6 is 0 Å². The quantitative estimate of drug-likeness (QED) is 0.601. The molecule has 0 radical (unpaired) electrons. The van der Waals surface area contributed by atoms with Gasteiger partial charge in [0, 0.05) is 7.05 Å². The van der Waals surface area contributed by atoms with Gasteiger partial charge in [0.2, 0.25) is 10.0 Å². The normalized spacial score (nSPS) is 16.0. The number of carbonyl (C=O) groups is 1. The number of nitrogens with zero attached hydrogens (tertiary/aromatic N) is 1. The fourth-order valence-corrected chi connectivity index (χ4v) is 4.46. The highest BCUT2D eigenvalue weighted by Crippen LogP contribution is 2.31. The van der Waals surface area contributed by atoms with E-state index in [1.54, 1.807) is 6.92 Å². The first kappa shape index (κ1) is 18.4. The predicted octanol–water partition coefficient (Wildman–Crippen LogP) is 3.27. The van der Waals surface area contributed by atoms with Crippen molar-refractivity contribution >= 4 is 21.7 Å². The topological polar surface area (TPSA) is 63.7 Å². The Bertz CT molecular complexity index is 735. The molecule has 0 heterocycles. The third kappa shape index (κ3) is 3.77. The second kappa shape index (κ2) is 7.34. The number of sulfonamides is 1. The first-order valence-corrected chi connectivity index (χ1v) is 9.38. The van der Waals surface area contributed by atoms with E-state index in [0.29, 0.717) is 25.7 Å². The summed E-state index contributed by atoms with van der Waals surface area (Å²) in [5.41, 5.74) is 1.03. The zero-order valence-corrected chi connectivity index (χ0v) is 14.7. The van der Waals surface area contributed by atoms with Crippen molar-refractivity contribution in [1.82, 2.24) is 0 Å². The molecular formula is C17H22FNO4S. The molecule has 0 bridgehead atoms. The molecule has 1 saturated carbocycles. The van der Waals surface area contributed by atoms with Crippen LogP contribution in [0, 0.1) is 5.82 Å². The zero-order chi connectivity index (χ0) is 17.9. The number of rotatable bonds is 5. The molecular weight excluding hydrogens is 333 g/mol. The molecule has 24 heavy (non-hydrogen) atoms. The largest absolute Gasteiger partial charge is 0.462 e. The smallest absolute Gasteiger partial charge is 0.338 e. The molecule has 0 aromatic heterocycles. The Hall–Kier alpha value is -1.89. The van der Waals surface area contributed by atoms with Gasteiger partial charge in [0.05, 0.1) is 23.1 Å². The molecule has 0 aliphatic heterocycles. The summed E-state index contributed by atoms with van der Waals surface area (Å²) in [5.74, 6) is -1.41. The van der Waals surface area contributed by atoms with Crippen LogP contribution in [0.4, 0.5) is 10.1 Å². The molecule has 1 fully saturated rings. The lowest BCUT2D eigenvalue weighted by atomic mass is 9.96. The third-order valence-corrected chi connectivity index (χ3v) is 6.51. The van der Waals surface area contributed by atoms with E-state index in [1.165, 1.54) is 19.2 Å². The lowest BCUT2D eigenvalue weighted by Crippen LogP contribution is -2.38. The predicted molar refractivity (Wildman–Crippen MR) is 91.1 cm³/mol. The van der Waals surface area contributed by atoms with E-state index in [9.17, 15) is 17.6 Å². The van der Waals surface area contributed by atoms with Crippen molar-refractivity contribution < 1.29 is 22.3 Å². The fourth-order valence-electron chi connectivity index (χ4n) is 2.76. The Morgan fingerprint density at radius 1 is 1.38 bits per heavy atom. The van der Waals surface area contributed by atoms with Crippen LogP contribution in [0.2, 0.25) is 0 Å². The van der Waals surface area contributed by atoms with Crippen molar-refractivity contribution in [1.29, 1.82) is 0 Å². The first-order chi connectivity index (χ1) is 11.3. The fraction of sp³-hybridized carbons (Fsp3) is 0.471. The summed E-state index contributed by atoms with van der Waals surface area (Å²) in [5, 5.41) is -0.544. The zero-order valence-electron chi connectivity index (χ0n) is 13.9. The molecule has 5 nitrogen and oxygen atoms in total. The van der Waals surface area contributed by atoms with Gasteiger partial charge in [0.25, 0.3) is 0 Å². The van der Waals surface area contributed by atoms with Crippen LogP contribution in [0.5, 0.6) is 0 Å². The van der Waals surface area contributed by atoms with E-state index in [4.69, 9.17) is 4.74 Å². The average molecular weight is 355 g/mol. The van der Waals surface area contributed by atoms with Gasteiger partial charge in [-0.1, -0.05) is 12.2 Å². The molecule has 0 amide bonds. The van der Waals surface area contributed by atoms with Crippen molar-refractivity contribution in [2.75, 3.05) is 18.0 Å². The summed E-state index contributed by atoms with van der Waals surface area (Å²) < 4.78 is 45.5. The van der Waals surface area contributed by atoms with Crippen LogP contribution in [0.25, 0.3) is 0 Å². The Morgan fingerprint density at radius 3 is 2.54 bits per heavy atom. The van der Waals surface area contributed by atoms with Gasteiger partial charge >= 0.3 is 5.97 Å². The second-order valence-corrected chi connectivity index (χ2v) is 8.09. The van der Waals surface area contributed by atoms with Crippen molar-refractivity contribution in [2.24, 2.45) is 0 Å². The highest BCUT2D eigenvalue weighted by atomic mass is 32.2. The standard InChI is InChI=1S/C17H22FNO4S/c1-4-23-17(20)13-7-10-16(15(18)11-13)19(3)24(21,22)14-8-5-12(2)6-9-14/h7,10-11,14H,2,4-6,8-9H2,1,3H3. The van der Waals surface area contributed by atoms with Gasteiger partial charge < -0.3 is 4.74 Å². The van der Waals surface area contributed by atoms with Gasteiger partial charge in [-0.25, -0.2) is 17.6 Å². The van der Waals surface area contributed by atoms with Crippen molar-refractivity contribution in [2.45, 2.75) is 37.9 Å². The summed E-state index contributed by atoms with van der Waals surface area (Å²) in [7, 11) is -2.33. The van der Waals surface area contributed by atoms with E-state index >= 15 is 0 Å². The number of ether oxygens (including phenoxy) is 1. The maximum Gasteiger partial charge on any atom is 0.338 e. The number of halogens is 1. The highest BCUT2D eigenvalue weighted by Gasteiger charge is 2.33.